The standard InChI is InChI=1S/C49H52N6O11/c56-41-19-18-40(45(59)52-41)55-30-38-37(47(55)60)16-9-17-39(38)51-43(58)32-65-27-26-64-25-24-63-23-22-62-21-20-50-42(57)31-54-29-35-14-7-8-15-36(35)44-49(48(54)61,28-33-10-3-1-4-11-33)53-46(66-44)34-12-5-2-6-13-34/h1-17,40,44H,18-32H2,(H,50,57)(H,51,58)(H,52,56,59)/t40?,44-,49-/m0/s1. The summed E-state index contributed by atoms with van der Waals surface area (Å²) in [6, 6.07) is 31.3. The van der Waals surface area contributed by atoms with E-state index in [2.05, 4.69) is 16.0 Å². The lowest BCUT2D eigenvalue weighted by Gasteiger charge is -2.32. The molecule has 0 saturated carbocycles. The van der Waals surface area contributed by atoms with Crippen LogP contribution in [-0.2, 0) is 67.2 Å². The average molecular weight is 901 g/mol. The molecule has 1 saturated heterocycles. The van der Waals surface area contributed by atoms with Crippen molar-refractivity contribution in [3.8, 4) is 0 Å². The summed E-state index contributed by atoms with van der Waals surface area (Å²) in [5.74, 6) is -1.80. The highest BCUT2D eigenvalue weighted by Gasteiger charge is 2.57. The van der Waals surface area contributed by atoms with Crippen LogP contribution in [0, 0.1) is 0 Å². The highest BCUT2D eigenvalue weighted by molar-refractivity contribution is 6.07. The molecule has 6 amide bonds. The Labute approximate surface area is 381 Å². The first-order valence-electron chi connectivity index (χ1n) is 22.1. The predicted molar refractivity (Wildman–Crippen MR) is 239 cm³/mol. The number of fused-ring (bicyclic) bond motifs is 4. The van der Waals surface area contributed by atoms with Gasteiger partial charge in [0.25, 0.3) is 11.8 Å². The van der Waals surface area contributed by atoms with Crippen molar-refractivity contribution in [2.24, 2.45) is 4.99 Å². The third kappa shape index (κ3) is 10.7. The highest BCUT2D eigenvalue weighted by atomic mass is 16.6. The van der Waals surface area contributed by atoms with Crippen LogP contribution in [0.3, 0.4) is 0 Å². The van der Waals surface area contributed by atoms with Crippen LogP contribution in [0.5, 0.6) is 0 Å². The molecule has 1 fully saturated rings. The first-order valence-corrected chi connectivity index (χ1v) is 22.1. The Bertz CT molecular complexity index is 2450. The number of ether oxygens (including phenoxy) is 5. The summed E-state index contributed by atoms with van der Waals surface area (Å²) in [5, 5.41) is 7.94. The van der Waals surface area contributed by atoms with Crippen LogP contribution in [0.15, 0.2) is 108 Å². The Morgan fingerprint density at radius 2 is 1.44 bits per heavy atom. The quantitative estimate of drug-likeness (QED) is 0.0820. The van der Waals surface area contributed by atoms with Crippen molar-refractivity contribution in [2.75, 3.05) is 71.3 Å². The van der Waals surface area contributed by atoms with E-state index < -0.39 is 29.5 Å². The lowest BCUT2D eigenvalue weighted by molar-refractivity contribution is -0.143. The van der Waals surface area contributed by atoms with Crippen molar-refractivity contribution in [3.05, 3.63) is 137 Å². The summed E-state index contributed by atoms with van der Waals surface area (Å²) in [4.78, 5) is 85.8. The van der Waals surface area contributed by atoms with Crippen LogP contribution in [0.4, 0.5) is 5.69 Å². The number of amides is 6. The number of imide groups is 1. The Balaban J connectivity index is 0.708. The predicted octanol–water partition coefficient (Wildman–Crippen LogP) is 3.11. The zero-order valence-electron chi connectivity index (χ0n) is 36.4. The first-order chi connectivity index (χ1) is 32.2. The number of rotatable bonds is 21. The summed E-state index contributed by atoms with van der Waals surface area (Å²) in [6.45, 7) is 2.11. The summed E-state index contributed by atoms with van der Waals surface area (Å²) >= 11 is 0. The number of hydrogen-bond acceptors (Lipinski definition) is 12. The topological polar surface area (TPSA) is 204 Å². The third-order valence-electron chi connectivity index (χ3n) is 11.8. The van der Waals surface area contributed by atoms with E-state index in [-0.39, 0.29) is 89.1 Å². The lowest BCUT2D eigenvalue weighted by Crippen LogP contribution is -2.52. The molecule has 4 aromatic carbocycles. The zero-order valence-corrected chi connectivity index (χ0v) is 36.4. The molecule has 0 bridgehead atoms. The van der Waals surface area contributed by atoms with Gasteiger partial charge >= 0.3 is 0 Å². The largest absolute Gasteiger partial charge is 0.466 e. The van der Waals surface area contributed by atoms with E-state index in [4.69, 9.17) is 28.7 Å². The van der Waals surface area contributed by atoms with E-state index in [1.807, 2.05) is 84.9 Å². The van der Waals surface area contributed by atoms with Gasteiger partial charge in [0.05, 0.1) is 52.8 Å². The molecule has 8 rings (SSSR count). The molecule has 0 aliphatic carbocycles. The molecule has 3 N–H and O–H groups in total. The van der Waals surface area contributed by atoms with E-state index in [0.29, 0.717) is 55.6 Å². The second-order valence-electron chi connectivity index (χ2n) is 16.2. The van der Waals surface area contributed by atoms with Crippen molar-refractivity contribution in [3.63, 3.8) is 0 Å². The number of carbonyl (C=O) groups excluding carboxylic acids is 6. The second kappa shape index (κ2) is 21.5. The summed E-state index contributed by atoms with van der Waals surface area (Å²) < 4.78 is 28.8. The minimum absolute atomic E-state index is 0.139. The fourth-order valence-corrected chi connectivity index (χ4v) is 8.60. The Kier molecular flexibility index (Phi) is 14.9. The number of benzene rings is 4. The Hall–Kier alpha value is -6.79. The molecule has 3 atom stereocenters. The molecule has 17 heteroatoms. The molecule has 66 heavy (non-hydrogen) atoms. The molecular formula is C49H52N6O11. The van der Waals surface area contributed by atoms with Gasteiger partial charge < -0.3 is 44.1 Å². The summed E-state index contributed by atoms with van der Waals surface area (Å²) in [7, 11) is 0. The molecular weight excluding hydrogens is 849 g/mol. The maximum absolute atomic E-state index is 14.8. The number of aliphatic imine (C=N–C) groups is 1. The van der Waals surface area contributed by atoms with Gasteiger partial charge in [-0.15, -0.1) is 0 Å². The number of hydrogen-bond donors (Lipinski definition) is 3. The van der Waals surface area contributed by atoms with Crippen LogP contribution in [0.2, 0.25) is 0 Å². The number of nitrogens with one attached hydrogen (secondary N) is 3. The number of nitrogens with zero attached hydrogens (tertiary/aromatic N) is 3. The van der Waals surface area contributed by atoms with Gasteiger partial charge in [0, 0.05) is 60.4 Å². The van der Waals surface area contributed by atoms with E-state index >= 15 is 0 Å². The number of piperidine rings is 1. The first kappa shape index (κ1) is 45.8. The van der Waals surface area contributed by atoms with Gasteiger partial charge in [0.1, 0.15) is 12.6 Å². The molecule has 4 heterocycles. The number of carbonyl (C=O) groups is 6. The summed E-state index contributed by atoms with van der Waals surface area (Å²) in [6.07, 6.45) is 0.00668. The lowest BCUT2D eigenvalue weighted by atomic mass is 9.81. The maximum atomic E-state index is 14.8. The summed E-state index contributed by atoms with van der Waals surface area (Å²) in [5.41, 5.74) is 3.59. The van der Waals surface area contributed by atoms with Gasteiger partial charge in [-0.25, -0.2) is 4.99 Å². The molecule has 0 spiro atoms. The van der Waals surface area contributed by atoms with Crippen LogP contribution in [0.1, 0.15) is 57.1 Å². The Morgan fingerprint density at radius 3 is 2.18 bits per heavy atom. The van der Waals surface area contributed by atoms with Gasteiger partial charge in [-0.2, -0.15) is 0 Å². The molecule has 344 valence electrons. The molecule has 17 nitrogen and oxygen atoms in total. The van der Waals surface area contributed by atoms with Crippen molar-refractivity contribution < 1.29 is 52.5 Å². The van der Waals surface area contributed by atoms with Gasteiger partial charge in [-0.1, -0.05) is 78.9 Å². The normalized spacial score (nSPS) is 19.8. The van der Waals surface area contributed by atoms with Crippen LogP contribution in [-0.4, -0.2) is 129 Å². The molecule has 0 radical (unpaired) electrons. The van der Waals surface area contributed by atoms with Crippen LogP contribution < -0.4 is 16.0 Å². The third-order valence-corrected chi connectivity index (χ3v) is 11.8. The van der Waals surface area contributed by atoms with Crippen molar-refractivity contribution in [2.45, 2.75) is 50.0 Å². The van der Waals surface area contributed by atoms with Crippen molar-refractivity contribution >= 4 is 47.0 Å². The number of anilines is 1. The SMILES string of the molecule is O=C(CN1Cc2ccccc2[C@@H]2OC(c3ccccc3)=N[C@]2(Cc2ccccc2)C1=O)NCCOCCOCCOCCOCC(=O)Nc1cccc2c1CN(C1CCC(=O)NC1=O)C2=O. The van der Waals surface area contributed by atoms with Crippen LogP contribution in [0.25, 0.3) is 0 Å². The van der Waals surface area contributed by atoms with E-state index in [9.17, 15) is 28.8 Å². The Morgan fingerprint density at radius 1 is 0.758 bits per heavy atom. The molecule has 4 aliphatic heterocycles. The monoisotopic (exact) mass is 900 g/mol. The van der Waals surface area contributed by atoms with E-state index in [0.717, 1.165) is 22.3 Å². The molecule has 4 aliphatic rings. The van der Waals surface area contributed by atoms with Gasteiger partial charge in [-0.3, -0.25) is 34.1 Å². The van der Waals surface area contributed by atoms with Gasteiger partial charge in [0.15, 0.2) is 11.6 Å². The molecule has 4 aromatic rings. The zero-order chi connectivity index (χ0) is 45.9. The second-order valence-corrected chi connectivity index (χ2v) is 16.2. The molecule has 1 unspecified atom stereocenters. The van der Waals surface area contributed by atoms with Crippen molar-refractivity contribution in [1.29, 1.82) is 0 Å². The minimum Gasteiger partial charge on any atom is -0.466 e. The highest BCUT2D eigenvalue weighted by Crippen LogP contribution is 2.46. The average Bonchev–Trinajstić information content (AvgIpc) is 3.85. The maximum Gasteiger partial charge on any atom is 0.256 e. The fourth-order valence-electron chi connectivity index (χ4n) is 8.60. The smallest absolute Gasteiger partial charge is 0.256 e. The van der Waals surface area contributed by atoms with Gasteiger partial charge in [-0.05, 0) is 41.8 Å². The fraction of sp³-hybridized carbons (Fsp3) is 0.367. The van der Waals surface area contributed by atoms with Crippen LogP contribution >= 0.6 is 0 Å². The van der Waals surface area contributed by atoms with Crippen molar-refractivity contribution in [1.82, 2.24) is 20.4 Å². The van der Waals surface area contributed by atoms with E-state index in [1.165, 1.54) is 4.90 Å². The van der Waals surface area contributed by atoms with Gasteiger partial charge in [0.2, 0.25) is 29.5 Å². The van der Waals surface area contributed by atoms with E-state index in [1.54, 1.807) is 23.1 Å². The minimum atomic E-state index is -1.33. The molecule has 0 aromatic heterocycles.